The van der Waals surface area contributed by atoms with Crippen LogP contribution >= 0.6 is 0 Å². The molecule has 1 heterocycles. The highest BCUT2D eigenvalue weighted by Crippen LogP contribution is 2.24. The number of amides is 1. The third kappa shape index (κ3) is 5.56. The number of nitrogens with one attached hydrogen (secondary N) is 1. The van der Waals surface area contributed by atoms with Crippen LogP contribution in [0.4, 0.5) is 5.69 Å². The molecule has 0 unspecified atom stereocenters. The van der Waals surface area contributed by atoms with E-state index in [0.29, 0.717) is 44.0 Å². The van der Waals surface area contributed by atoms with Gasteiger partial charge >= 0.3 is 0 Å². The molecular weight excluding hydrogens is 376 g/mol. The molecule has 0 aromatic heterocycles. The van der Waals surface area contributed by atoms with Crippen molar-refractivity contribution in [3.63, 3.8) is 0 Å². The first-order valence-corrected chi connectivity index (χ1v) is 11.2. The average molecular weight is 403 g/mol. The Hall–Kier alpha value is -2.38. The Morgan fingerprint density at radius 3 is 2.64 bits per heavy atom. The summed E-state index contributed by atoms with van der Waals surface area (Å²) in [4.78, 5) is 12.3. The van der Waals surface area contributed by atoms with Crippen LogP contribution in [0.3, 0.4) is 0 Å². The van der Waals surface area contributed by atoms with Crippen molar-refractivity contribution in [1.82, 2.24) is 5.32 Å². The molecule has 1 saturated heterocycles. The van der Waals surface area contributed by atoms with Crippen LogP contribution in [0.5, 0.6) is 0 Å². The lowest BCUT2D eigenvalue weighted by atomic mass is 10.2. The van der Waals surface area contributed by atoms with Gasteiger partial charge in [0.15, 0.2) is 0 Å². The number of carbonyl (C=O) groups is 1. The highest BCUT2D eigenvalue weighted by Gasteiger charge is 2.28. The molecule has 1 fully saturated rings. The summed E-state index contributed by atoms with van der Waals surface area (Å²) in [6, 6.07) is 16.9. The number of rotatable bonds is 9. The van der Waals surface area contributed by atoms with Crippen molar-refractivity contribution >= 4 is 21.6 Å². The van der Waals surface area contributed by atoms with E-state index >= 15 is 0 Å². The molecule has 1 aliphatic rings. The zero-order valence-corrected chi connectivity index (χ0v) is 16.7. The van der Waals surface area contributed by atoms with Crippen molar-refractivity contribution in [2.75, 3.05) is 36.4 Å². The largest absolute Gasteiger partial charge is 0.381 e. The number of hydrogen-bond donors (Lipinski definition) is 1. The molecule has 150 valence electrons. The highest BCUT2D eigenvalue weighted by molar-refractivity contribution is 7.93. The molecule has 0 spiro atoms. The predicted octanol–water partition coefficient (Wildman–Crippen LogP) is 2.61. The minimum Gasteiger partial charge on any atom is -0.381 e. The Morgan fingerprint density at radius 1 is 1.07 bits per heavy atom. The van der Waals surface area contributed by atoms with Crippen LogP contribution in [0.1, 0.15) is 28.8 Å². The maximum Gasteiger partial charge on any atom is 0.251 e. The molecule has 1 N–H and O–H groups in total. The Kier molecular flexibility index (Phi) is 7.06. The average Bonchev–Trinajstić information content (AvgIpc) is 3.07. The molecule has 28 heavy (non-hydrogen) atoms. The molecule has 0 radical (unpaired) electrons. The fourth-order valence-electron chi connectivity index (χ4n) is 3.15. The van der Waals surface area contributed by atoms with E-state index in [1.807, 2.05) is 18.2 Å². The molecule has 2 aromatic carbocycles. The molecular formula is C21H26N2O4S. The first kappa shape index (κ1) is 20.4. The quantitative estimate of drug-likeness (QED) is 0.654. The third-order valence-electron chi connectivity index (χ3n) is 4.62. The van der Waals surface area contributed by atoms with Gasteiger partial charge in [0.2, 0.25) is 10.0 Å². The zero-order chi connectivity index (χ0) is 19.8. The van der Waals surface area contributed by atoms with Gasteiger partial charge < -0.3 is 10.1 Å². The summed E-state index contributed by atoms with van der Waals surface area (Å²) in [6.45, 7) is 2.22. The van der Waals surface area contributed by atoms with Crippen molar-refractivity contribution < 1.29 is 17.9 Å². The number of benzene rings is 2. The summed E-state index contributed by atoms with van der Waals surface area (Å²) in [7, 11) is -3.25. The van der Waals surface area contributed by atoms with Crippen molar-refractivity contribution in [2.45, 2.75) is 19.3 Å². The predicted molar refractivity (Wildman–Crippen MR) is 110 cm³/mol. The number of ether oxygens (including phenoxy) is 1. The van der Waals surface area contributed by atoms with Gasteiger partial charge in [-0.2, -0.15) is 0 Å². The summed E-state index contributed by atoms with van der Waals surface area (Å²) < 4.78 is 31.1. The number of hydrogen-bond acceptors (Lipinski definition) is 4. The Balaban J connectivity index is 1.39. The van der Waals surface area contributed by atoms with E-state index in [4.69, 9.17) is 4.74 Å². The van der Waals surface area contributed by atoms with Gasteiger partial charge in [0.1, 0.15) is 0 Å². The molecule has 0 atom stereocenters. The molecule has 1 amide bonds. The van der Waals surface area contributed by atoms with Crippen LogP contribution in [-0.4, -0.2) is 46.4 Å². The lowest BCUT2D eigenvalue weighted by Gasteiger charge is -2.17. The van der Waals surface area contributed by atoms with Crippen LogP contribution in [0.25, 0.3) is 0 Å². The zero-order valence-electron chi connectivity index (χ0n) is 15.8. The highest BCUT2D eigenvalue weighted by atomic mass is 32.2. The minimum atomic E-state index is -3.25. The summed E-state index contributed by atoms with van der Waals surface area (Å²) >= 11 is 0. The summed E-state index contributed by atoms with van der Waals surface area (Å²) in [5.41, 5.74) is 2.26. The van der Waals surface area contributed by atoms with Gasteiger partial charge in [0, 0.05) is 25.3 Å². The Bertz CT molecular complexity index is 884. The molecule has 7 heteroatoms. The lowest BCUT2D eigenvalue weighted by Crippen LogP contribution is -2.27. The van der Waals surface area contributed by atoms with Gasteiger partial charge in [-0.25, -0.2) is 8.42 Å². The number of carbonyl (C=O) groups excluding carboxylic acids is 1. The monoisotopic (exact) mass is 402 g/mol. The lowest BCUT2D eigenvalue weighted by molar-refractivity contribution is 0.0942. The fourth-order valence-corrected chi connectivity index (χ4v) is 4.70. The Labute approximate surface area is 166 Å². The standard InChI is InChI=1S/C21H26N2O4S/c24-21(22-12-5-14-27-15-11-18-7-2-1-3-8-18)19-9-4-10-20(17-19)23-13-6-16-28(23,25)26/h1-4,7-10,17H,5-6,11-16H2,(H,22,24). The van der Waals surface area contributed by atoms with Gasteiger partial charge in [0.25, 0.3) is 5.91 Å². The molecule has 2 aromatic rings. The maximum absolute atomic E-state index is 12.3. The van der Waals surface area contributed by atoms with Gasteiger partial charge in [0.05, 0.1) is 18.0 Å². The van der Waals surface area contributed by atoms with Crippen molar-refractivity contribution in [2.24, 2.45) is 0 Å². The van der Waals surface area contributed by atoms with Crippen molar-refractivity contribution in [3.05, 3.63) is 65.7 Å². The van der Waals surface area contributed by atoms with Gasteiger partial charge in [-0.05, 0) is 43.0 Å². The van der Waals surface area contributed by atoms with E-state index in [1.54, 1.807) is 24.3 Å². The van der Waals surface area contributed by atoms with Crippen LogP contribution in [0, 0.1) is 0 Å². The van der Waals surface area contributed by atoms with E-state index in [0.717, 1.165) is 12.8 Å². The van der Waals surface area contributed by atoms with E-state index in [1.165, 1.54) is 9.87 Å². The van der Waals surface area contributed by atoms with E-state index < -0.39 is 10.0 Å². The van der Waals surface area contributed by atoms with E-state index in [2.05, 4.69) is 17.4 Å². The van der Waals surface area contributed by atoms with Gasteiger partial charge in [-0.15, -0.1) is 0 Å². The molecule has 0 aliphatic carbocycles. The van der Waals surface area contributed by atoms with Crippen LogP contribution in [-0.2, 0) is 21.2 Å². The van der Waals surface area contributed by atoms with Gasteiger partial charge in [-0.3, -0.25) is 9.10 Å². The minimum absolute atomic E-state index is 0.160. The fraction of sp³-hybridized carbons (Fsp3) is 0.381. The second-order valence-electron chi connectivity index (χ2n) is 6.75. The molecule has 3 rings (SSSR count). The van der Waals surface area contributed by atoms with Crippen LogP contribution in [0.15, 0.2) is 54.6 Å². The number of nitrogens with zero attached hydrogens (tertiary/aromatic N) is 1. The topological polar surface area (TPSA) is 75.7 Å². The maximum atomic E-state index is 12.3. The molecule has 0 bridgehead atoms. The summed E-state index contributed by atoms with van der Waals surface area (Å²) in [5.74, 6) is -0.0454. The SMILES string of the molecule is O=C(NCCCOCCc1ccccc1)c1cccc(N2CCCS2(=O)=O)c1. The van der Waals surface area contributed by atoms with Crippen LogP contribution in [0.2, 0.25) is 0 Å². The van der Waals surface area contributed by atoms with E-state index in [9.17, 15) is 13.2 Å². The smallest absolute Gasteiger partial charge is 0.251 e. The Morgan fingerprint density at radius 2 is 1.89 bits per heavy atom. The summed E-state index contributed by atoms with van der Waals surface area (Å²) in [6.07, 6.45) is 2.21. The van der Waals surface area contributed by atoms with Crippen LogP contribution < -0.4 is 9.62 Å². The van der Waals surface area contributed by atoms with Gasteiger partial charge in [-0.1, -0.05) is 36.4 Å². The molecule has 0 saturated carbocycles. The van der Waals surface area contributed by atoms with E-state index in [-0.39, 0.29) is 11.7 Å². The first-order chi connectivity index (χ1) is 13.6. The number of anilines is 1. The van der Waals surface area contributed by atoms with Crippen molar-refractivity contribution in [3.8, 4) is 0 Å². The third-order valence-corrected chi connectivity index (χ3v) is 6.49. The second kappa shape index (κ2) is 9.71. The molecule has 1 aliphatic heterocycles. The van der Waals surface area contributed by atoms with Crippen molar-refractivity contribution in [1.29, 1.82) is 0 Å². The second-order valence-corrected chi connectivity index (χ2v) is 8.76. The number of sulfonamides is 1. The molecule has 6 nitrogen and oxygen atoms in total. The summed E-state index contributed by atoms with van der Waals surface area (Å²) in [5, 5.41) is 2.86. The normalized spacial score (nSPS) is 15.5. The first-order valence-electron chi connectivity index (χ1n) is 9.57.